The van der Waals surface area contributed by atoms with E-state index in [1.54, 1.807) is 0 Å². The molecule has 0 aliphatic carbocycles. The highest BCUT2D eigenvalue weighted by Gasteiger charge is 2.17. The first-order valence-corrected chi connectivity index (χ1v) is 10.4. The molecule has 0 bridgehead atoms. The quantitative estimate of drug-likeness (QED) is 0.636. The van der Waals surface area contributed by atoms with Gasteiger partial charge in [-0.05, 0) is 62.4 Å². The highest BCUT2D eigenvalue weighted by molar-refractivity contribution is 9.10. The molecule has 0 unspecified atom stereocenters. The molecule has 1 fully saturated rings. The Balaban J connectivity index is 1.55. The first-order valence-electron chi connectivity index (χ1n) is 9.58. The van der Waals surface area contributed by atoms with Gasteiger partial charge in [0.05, 0.1) is 36.0 Å². The Kier molecular flexibility index (Phi) is 5.69. The van der Waals surface area contributed by atoms with Gasteiger partial charge in [0.2, 0.25) is 0 Å². The predicted octanol–water partition coefficient (Wildman–Crippen LogP) is 4.34. The summed E-state index contributed by atoms with van der Waals surface area (Å²) < 4.78 is 8.25. The third-order valence-electron chi connectivity index (χ3n) is 4.94. The molecule has 150 valence electrons. The van der Waals surface area contributed by atoms with Crippen molar-refractivity contribution in [1.29, 1.82) is 0 Å². The van der Waals surface area contributed by atoms with E-state index in [0.717, 1.165) is 46.0 Å². The Hall–Kier alpha value is -2.64. The number of amides is 1. The third kappa shape index (κ3) is 4.36. The minimum absolute atomic E-state index is 0.141. The van der Waals surface area contributed by atoms with Crippen LogP contribution in [0.5, 0.6) is 0 Å². The van der Waals surface area contributed by atoms with E-state index < -0.39 is 0 Å². The fourth-order valence-corrected chi connectivity index (χ4v) is 3.89. The van der Waals surface area contributed by atoms with Crippen LogP contribution in [0.1, 0.15) is 21.7 Å². The minimum atomic E-state index is -0.141. The Labute approximate surface area is 178 Å². The van der Waals surface area contributed by atoms with Crippen LogP contribution < -0.4 is 10.2 Å². The molecular formula is C22H23BrN4O2. The number of carbonyl (C=O) groups excluding carboxylic acids is 1. The lowest BCUT2D eigenvalue weighted by atomic mass is 10.1. The van der Waals surface area contributed by atoms with Gasteiger partial charge in [-0.2, -0.15) is 5.10 Å². The SMILES string of the molecule is Cc1cc(C)n(-c2ccc(C(=O)Nc3cc(Br)ccc3N3CCOCC3)cc2)n1. The highest BCUT2D eigenvalue weighted by Crippen LogP contribution is 2.30. The van der Waals surface area contributed by atoms with Crippen LogP contribution in [0.3, 0.4) is 0 Å². The molecule has 0 atom stereocenters. The van der Waals surface area contributed by atoms with E-state index in [2.05, 4.69) is 31.2 Å². The van der Waals surface area contributed by atoms with Crippen molar-refractivity contribution in [2.24, 2.45) is 0 Å². The molecule has 7 heteroatoms. The molecule has 1 aliphatic heterocycles. The monoisotopic (exact) mass is 454 g/mol. The van der Waals surface area contributed by atoms with Crippen molar-refractivity contribution in [3.05, 3.63) is 70.0 Å². The summed E-state index contributed by atoms with van der Waals surface area (Å²) in [6.45, 7) is 6.98. The number of hydrogen-bond donors (Lipinski definition) is 1. The predicted molar refractivity (Wildman–Crippen MR) is 118 cm³/mol. The summed E-state index contributed by atoms with van der Waals surface area (Å²) in [6.07, 6.45) is 0. The molecule has 2 heterocycles. The smallest absolute Gasteiger partial charge is 0.255 e. The second-order valence-electron chi connectivity index (χ2n) is 7.10. The Bertz CT molecular complexity index is 1020. The zero-order valence-electron chi connectivity index (χ0n) is 16.5. The summed E-state index contributed by atoms with van der Waals surface area (Å²) in [4.78, 5) is 15.1. The zero-order valence-corrected chi connectivity index (χ0v) is 18.1. The summed E-state index contributed by atoms with van der Waals surface area (Å²) in [5, 5.41) is 7.56. The van der Waals surface area contributed by atoms with Crippen LogP contribution in [0, 0.1) is 13.8 Å². The topological polar surface area (TPSA) is 59.4 Å². The van der Waals surface area contributed by atoms with E-state index in [0.29, 0.717) is 18.8 Å². The van der Waals surface area contributed by atoms with E-state index in [1.807, 2.05) is 67.1 Å². The van der Waals surface area contributed by atoms with Crippen LogP contribution in [-0.2, 0) is 4.74 Å². The van der Waals surface area contributed by atoms with Crippen LogP contribution in [0.2, 0.25) is 0 Å². The molecule has 3 aromatic rings. The van der Waals surface area contributed by atoms with Gasteiger partial charge < -0.3 is 15.0 Å². The fourth-order valence-electron chi connectivity index (χ4n) is 3.53. The second-order valence-corrected chi connectivity index (χ2v) is 8.02. The fraction of sp³-hybridized carbons (Fsp3) is 0.273. The number of nitrogens with zero attached hydrogens (tertiary/aromatic N) is 3. The molecule has 1 saturated heterocycles. The van der Waals surface area contributed by atoms with E-state index in [9.17, 15) is 4.79 Å². The summed E-state index contributed by atoms with van der Waals surface area (Å²) in [5.74, 6) is -0.141. The van der Waals surface area contributed by atoms with E-state index in [-0.39, 0.29) is 5.91 Å². The zero-order chi connectivity index (χ0) is 20.4. The van der Waals surface area contributed by atoms with Crippen molar-refractivity contribution < 1.29 is 9.53 Å². The number of hydrogen-bond acceptors (Lipinski definition) is 4. The van der Waals surface area contributed by atoms with E-state index in [4.69, 9.17) is 4.74 Å². The molecule has 1 aromatic heterocycles. The van der Waals surface area contributed by atoms with Gasteiger partial charge in [0.15, 0.2) is 0 Å². The third-order valence-corrected chi connectivity index (χ3v) is 5.44. The maximum absolute atomic E-state index is 12.9. The summed E-state index contributed by atoms with van der Waals surface area (Å²) in [5.41, 5.74) is 5.35. The van der Waals surface area contributed by atoms with Crippen LogP contribution >= 0.6 is 15.9 Å². The van der Waals surface area contributed by atoms with Gasteiger partial charge in [0.25, 0.3) is 5.91 Å². The minimum Gasteiger partial charge on any atom is -0.378 e. The van der Waals surface area contributed by atoms with Crippen molar-refractivity contribution in [2.45, 2.75) is 13.8 Å². The average Bonchev–Trinajstić information content (AvgIpc) is 3.07. The Morgan fingerprint density at radius 3 is 2.45 bits per heavy atom. The first kappa shape index (κ1) is 19.7. The number of aromatic nitrogens is 2. The number of ether oxygens (including phenoxy) is 1. The van der Waals surface area contributed by atoms with Crippen LogP contribution in [0.25, 0.3) is 5.69 Å². The lowest BCUT2D eigenvalue weighted by molar-refractivity contribution is 0.102. The van der Waals surface area contributed by atoms with Gasteiger partial charge in [-0.3, -0.25) is 4.79 Å². The Morgan fingerprint density at radius 2 is 1.79 bits per heavy atom. The van der Waals surface area contributed by atoms with Crippen molar-refractivity contribution in [3.8, 4) is 5.69 Å². The maximum Gasteiger partial charge on any atom is 0.255 e. The van der Waals surface area contributed by atoms with Crippen molar-refractivity contribution in [2.75, 3.05) is 36.5 Å². The van der Waals surface area contributed by atoms with Gasteiger partial charge in [0, 0.05) is 28.8 Å². The lowest BCUT2D eigenvalue weighted by Crippen LogP contribution is -2.36. The lowest BCUT2D eigenvalue weighted by Gasteiger charge is -2.30. The largest absolute Gasteiger partial charge is 0.378 e. The van der Waals surface area contributed by atoms with Gasteiger partial charge in [0.1, 0.15) is 0 Å². The molecule has 6 nitrogen and oxygen atoms in total. The van der Waals surface area contributed by atoms with Gasteiger partial charge in [-0.25, -0.2) is 4.68 Å². The number of anilines is 2. The molecule has 0 spiro atoms. The van der Waals surface area contributed by atoms with Gasteiger partial charge in [-0.1, -0.05) is 15.9 Å². The summed E-state index contributed by atoms with van der Waals surface area (Å²) in [6, 6.07) is 15.5. The van der Waals surface area contributed by atoms with Crippen molar-refractivity contribution >= 4 is 33.2 Å². The molecule has 1 N–H and O–H groups in total. The molecule has 1 aliphatic rings. The number of rotatable bonds is 4. The van der Waals surface area contributed by atoms with Crippen LogP contribution in [-0.4, -0.2) is 42.0 Å². The standard InChI is InChI=1S/C22H23BrN4O2/c1-15-13-16(2)27(25-15)19-6-3-17(4-7-19)22(28)24-20-14-18(23)5-8-21(20)26-9-11-29-12-10-26/h3-8,13-14H,9-12H2,1-2H3,(H,24,28). The second kappa shape index (κ2) is 8.39. The van der Waals surface area contributed by atoms with Gasteiger partial charge >= 0.3 is 0 Å². The molecule has 0 radical (unpaired) electrons. The first-order chi connectivity index (χ1) is 14.0. The van der Waals surface area contributed by atoms with Crippen molar-refractivity contribution in [3.63, 3.8) is 0 Å². The number of benzene rings is 2. The number of carbonyl (C=O) groups is 1. The molecule has 4 rings (SSSR count). The number of halogens is 1. The number of morpholine rings is 1. The number of aryl methyl sites for hydroxylation is 2. The molecular weight excluding hydrogens is 432 g/mol. The van der Waals surface area contributed by atoms with E-state index >= 15 is 0 Å². The highest BCUT2D eigenvalue weighted by atomic mass is 79.9. The summed E-state index contributed by atoms with van der Waals surface area (Å²) >= 11 is 3.51. The normalized spacial score (nSPS) is 14.1. The maximum atomic E-state index is 12.9. The van der Waals surface area contributed by atoms with E-state index in [1.165, 1.54) is 0 Å². The molecule has 2 aromatic carbocycles. The van der Waals surface area contributed by atoms with Gasteiger partial charge in [-0.15, -0.1) is 0 Å². The summed E-state index contributed by atoms with van der Waals surface area (Å²) in [7, 11) is 0. The molecule has 0 saturated carbocycles. The van der Waals surface area contributed by atoms with Crippen molar-refractivity contribution in [1.82, 2.24) is 9.78 Å². The molecule has 29 heavy (non-hydrogen) atoms. The average molecular weight is 455 g/mol. The molecule has 1 amide bonds. The van der Waals surface area contributed by atoms with Crippen LogP contribution in [0.15, 0.2) is 53.0 Å². The number of nitrogens with one attached hydrogen (secondary N) is 1. The van der Waals surface area contributed by atoms with Crippen LogP contribution in [0.4, 0.5) is 11.4 Å². The Morgan fingerprint density at radius 1 is 1.07 bits per heavy atom.